The lowest BCUT2D eigenvalue weighted by atomic mass is 9.96. The van der Waals surface area contributed by atoms with Gasteiger partial charge in [0.1, 0.15) is 5.75 Å². The number of nitrogens with zero attached hydrogens (tertiary/aromatic N) is 3. The highest BCUT2D eigenvalue weighted by molar-refractivity contribution is 5.90. The first-order chi connectivity index (χ1) is 20.5. The van der Waals surface area contributed by atoms with Crippen LogP contribution in [0.4, 0.5) is 0 Å². The van der Waals surface area contributed by atoms with Crippen LogP contribution in [0.3, 0.4) is 0 Å². The first-order valence-corrected chi connectivity index (χ1v) is 13.3. The number of hydrogen-bond acceptors (Lipinski definition) is 8. The van der Waals surface area contributed by atoms with Crippen LogP contribution in [0.15, 0.2) is 78.9 Å². The molecular formula is C31H37N3O9. The number of piperazine rings is 1. The molecule has 0 aromatic heterocycles. The quantitative estimate of drug-likeness (QED) is 0.262. The molecule has 12 nitrogen and oxygen atoms in total. The van der Waals surface area contributed by atoms with Crippen LogP contribution >= 0.6 is 0 Å². The van der Waals surface area contributed by atoms with Gasteiger partial charge in [-0.15, -0.1) is 0 Å². The lowest BCUT2D eigenvalue weighted by Crippen LogP contribution is -2.47. The summed E-state index contributed by atoms with van der Waals surface area (Å²) >= 11 is 0. The van der Waals surface area contributed by atoms with Gasteiger partial charge in [-0.2, -0.15) is 5.26 Å². The van der Waals surface area contributed by atoms with E-state index in [9.17, 15) is 19.2 Å². The summed E-state index contributed by atoms with van der Waals surface area (Å²) in [7, 11) is 1.71. The molecule has 0 amide bonds. The minimum atomic E-state index is -1.26. The molecule has 1 aliphatic heterocycles. The average molecular weight is 596 g/mol. The second-order valence-corrected chi connectivity index (χ2v) is 9.12. The average Bonchev–Trinajstić information content (AvgIpc) is 3.00. The lowest BCUT2D eigenvalue weighted by molar-refractivity contribution is -0.134. The van der Waals surface area contributed by atoms with Crippen molar-refractivity contribution in [2.45, 2.75) is 25.3 Å². The molecule has 1 heterocycles. The second-order valence-electron chi connectivity index (χ2n) is 9.12. The van der Waals surface area contributed by atoms with Crippen LogP contribution in [0, 0.1) is 11.3 Å². The molecule has 1 fully saturated rings. The van der Waals surface area contributed by atoms with Crippen molar-refractivity contribution in [2.24, 2.45) is 0 Å². The van der Waals surface area contributed by atoms with E-state index in [-0.39, 0.29) is 0 Å². The summed E-state index contributed by atoms with van der Waals surface area (Å²) in [6.45, 7) is 5.08. The smallest absolute Gasteiger partial charge is 0.328 e. The van der Waals surface area contributed by atoms with Crippen LogP contribution in [0.25, 0.3) is 0 Å². The summed E-state index contributed by atoms with van der Waals surface area (Å²) in [5.41, 5.74) is 2.75. The van der Waals surface area contributed by atoms with Gasteiger partial charge in [0, 0.05) is 69.5 Å². The fraction of sp³-hybridized carbons (Fsp3) is 0.323. The first kappa shape index (κ1) is 36.0. The van der Waals surface area contributed by atoms with Gasteiger partial charge in [0.15, 0.2) is 0 Å². The van der Waals surface area contributed by atoms with E-state index in [1.807, 2.05) is 0 Å². The standard InChI is InChI=1S/C23H29N3O.2C4H4O4/c1-27-22-11-9-21(10-12-22)23(13-8-20-6-3-2-4-7-20)26-18-16-25(17-19-26)15-5-14-24;2*5-3(6)1-2-4(7)8/h2-4,6-7,9-12,23H,5,8,13,15-19H2,1H3;2*1-2H,(H,5,6)(H,7,8)/b;2*2-1+. The molecule has 0 saturated carbocycles. The van der Waals surface area contributed by atoms with E-state index in [1.165, 1.54) is 11.1 Å². The Balaban J connectivity index is 0.000000476. The Labute approximate surface area is 250 Å². The summed E-state index contributed by atoms with van der Waals surface area (Å²) < 4.78 is 5.33. The molecule has 1 saturated heterocycles. The predicted octanol–water partition coefficient (Wildman–Crippen LogP) is 3.32. The fourth-order valence-electron chi connectivity index (χ4n) is 4.13. The zero-order valence-corrected chi connectivity index (χ0v) is 23.9. The zero-order chi connectivity index (χ0) is 32.0. The highest BCUT2D eigenvalue weighted by atomic mass is 16.5. The van der Waals surface area contributed by atoms with E-state index in [2.05, 4.69) is 70.5 Å². The van der Waals surface area contributed by atoms with Gasteiger partial charge in [-0.05, 0) is 36.1 Å². The van der Waals surface area contributed by atoms with Crippen molar-refractivity contribution in [1.29, 1.82) is 5.26 Å². The van der Waals surface area contributed by atoms with Gasteiger partial charge < -0.3 is 25.2 Å². The van der Waals surface area contributed by atoms with Crippen molar-refractivity contribution in [1.82, 2.24) is 9.80 Å². The lowest BCUT2D eigenvalue weighted by Gasteiger charge is -2.39. The third-order valence-electron chi connectivity index (χ3n) is 6.17. The maximum atomic E-state index is 9.55. The van der Waals surface area contributed by atoms with Crippen LogP contribution in [0.1, 0.15) is 30.0 Å². The topological polar surface area (TPSA) is 189 Å². The molecule has 1 atom stereocenters. The normalized spacial score (nSPS) is 14.0. The largest absolute Gasteiger partial charge is 0.497 e. The minimum absolute atomic E-state index is 0.411. The number of methoxy groups -OCH3 is 1. The number of ether oxygens (including phenoxy) is 1. The van der Waals surface area contributed by atoms with Gasteiger partial charge in [0.2, 0.25) is 0 Å². The van der Waals surface area contributed by atoms with E-state index >= 15 is 0 Å². The molecule has 0 bridgehead atoms. The molecule has 2 aromatic carbocycles. The van der Waals surface area contributed by atoms with Crippen molar-refractivity contribution >= 4 is 23.9 Å². The molecule has 1 unspecified atom stereocenters. The van der Waals surface area contributed by atoms with Crippen molar-refractivity contribution in [3.63, 3.8) is 0 Å². The number of benzene rings is 2. The minimum Gasteiger partial charge on any atom is -0.497 e. The third-order valence-corrected chi connectivity index (χ3v) is 6.17. The van der Waals surface area contributed by atoms with Crippen molar-refractivity contribution in [3.8, 4) is 11.8 Å². The van der Waals surface area contributed by atoms with E-state index < -0.39 is 23.9 Å². The number of aryl methyl sites for hydroxylation is 1. The van der Waals surface area contributed by atoms with E-state index in [0.717, 1.165) is 51.3 Å². The molecular weight excluding hydrogens is 558 g/mol. The SMILES string of the molecule is COc1ccc(C(CCc2ccccc2)N2CCN(CCC#N)CC2)cc1.O=C(O)/C=C/C(=O)O.O=C(O)/C=C/C(=O)O. The van der Waals surface area contributed by atoms with Crippen LogP contribution in [0.5, 0.6) is 5.75 Å². The number of aliphatic carboxylic acids is 4. The van der Waals surface area contributed by atoms with Gasteiger partial charge in [-0.1, -0.05) is 42.5 Å². The van der Waals surface area contributed by atoms with Crippen LogP contribution in [-0.4, -0.2) is 93.9 Å². The zero-order valence-electron chi connectivity index (χ0n) is 23.9. The molecule has 2 aromatic rings. The first-order valence-electron chi connectivity index (χ1n) is 13.3. The number of rotatable bonds is 12. The Morgan fingerprint density at radius 1 is 0.814 bits per heavy atom. The molecule has 3 rings (SSSR count). The second kappa shape index (κ2) is 20.8. The van der Waals surface area contributed by atoms with Crippen LogP contribution < -0.4 is 4.74 Å². The maximum Gasteiger partial charge on any atom is 0.328 e. The number of carbonyl (C=O) groups is 4. The summed E-state index contributed by atoms with van der Waals surface area (Å²) in [6, 6.07) is 21.9. The van der Waals surface area contributed by atoms with Gasteiger partial charge in [-0.25, -0.2) is 19.2 Å². The Bertz CT molecular complexity index is 1180. The Hall–Kier alpha value is -4.99. The highest BCUT2D eigenvalue weighted by Crippen LogP contribution is 2.28. The highest BCUT2D eigenvalue weighted by Gasteiger charge is 2.25. The van der Waals surface area contributed by atoms with E-state index in [4.69, 9.17) is 30.4 Å². The number of hydrogen-bond donors (Lipinski definition) is 4. The van der Waals surface area contributed by atoms with Gasteiger partial charge >= 0.3 is 23.9 Å². The molecule has 12 heteroatoms. The molecule has 1 aliphatic rings. The summed E-state index contributed by atoms with van der Waals surface area (Å²) in [5, 5.41) is 40.1. The molecule has 4 N–H and O–H groups in total. The summed E-state index contributed by atoms with van der Waals surface area (Å²) in [5.74, 6) is -4.12. The van der Waals surface area contributed by atoms with Crippen molar-refractivity contribution in [3.05, 3.63) is 90.0 Å². The monoisotopic (exact) mass is 595 g/mol. The van der Waals surface area contributed by atoms with Gasteiger partial charge in [-0.3, -0.25) is 9.80 Å². The molecule has 0 aliphatic carbocycles. The molecule has 0 radical (unpaired) electrons. The predicted molar refractivity (Wildman–Crippen MR) is 158 cm³/mol. The number of nitriles is 1. The Morgan fingerprint density at radius 3 is 1.72 bits per heavy atom. The fourth-order valence-corrected chi connectivity index (χ4v) is 4.13. The van der Waals surface area contributed by atoms with E-state index in [1.54, 1.807) is 7.11 Å². The maximum absolute atomic E-state index is 9.55. The Kier molecular flexibility index (Phi) is 17.4. The molecule has 230 valence electrons. The van der Waals surface area contributed by atoms with Crippen LogP contribution in [0.2, 0.25) is 0 Å². The molecule has 0 spiro atoms. The number of carboxylic acid groups (broad SMARTS) is 4. The van der Waals surface area contributed by atoms with E-state index in [0.29, 0.717) is 36.8 Å². The molecule has 43 heavy (non-hydrogen) atoms. The Morgan fingerprint density at radius 2 is 1.30 bits per heavy atom. The number of carboxylic acids is 4. The van der Waals surface area contributed by atoms with Crippen molar-refractivity contribution in [2.75, 3.05) is 39.8 Å². The van der Waals surface area contributed by atoms with Gasteiger partial charge in [0.25, 0.3) is 0 Å². The van der Waals surface area contributed by atoms with Crippen molar-refractivity contribution < 1.29 is 44.3 Å². The third kappa shape index (κ3) is 16.8. The van der Waals surface area contributed by atoms with Gasteiger partial charge in [0.05, 0.1) is 13.2 Å². The summed E-state index contributed by atoms with van der Waals surface area (Å²) in [6.07, 6.45) is 5.03. The summed E-state index contributed by atoms with van der Waals surface area (Å²) in [4.78, 5) is 43.2. The van der Waals surface area contributed by atoms with Crippen LogP contribution in [-0.2, 0) is 25.6 Å².